The third-order valence-corrected chi connectivity index (χ3v) is 3.89. The highest BCUT2D eigenvalue weighted by molar-refractivity contribution is 7.98. The molecular formula is C14H19NO2S. The Hall–Kier alpha value is -1.16. The molecule has 0 saturated heterocycles. The molecule has 1 fully saturated rings. The molecule has 18 heavy (non-hydrogen) atoms. The van der Waals surface area contributed by atoms with E-state index in [4.69, 9.17) is 4.74 Å². The van der Waals surface area contributed by atoms with Crippen molar-refractivity contribution in [3.8, 4) is 5.75 Å². The highest BCUT2D eigenvalue weighted by Crippen LogP contribution is 2.32. The van der Waals surface area contributed by atoms with E-state index >= 15 is 0 Å². The molecule has 98 valence electrons. The van der Waals surface area contributed by atoms with Crippen molar-refractivity contribution in [1.29, 1.82) is 0 Å². The number of thioether (sulfide) groups is 1. The number of carbonyl (C=O) groups excluding carboxylic acids is 1. The molecule has 4 heteroatoms. The maximum atomic E-state index is 11.6. The number of amides is 1. The third-order valence-electron chi connectivity index (χ3n) is 3.15. The maximum Gasteiger partial charge on any atom is 0.258 e. The van der Waals surface area contributed by atoms with Crippen molar-refractivity contribution in [3.63, 3.8) is 0 Å². The van der Waals surface area contributed by atoms with E-state index < -0.39 is 0 Å². The van der Waals surface area contributed by atoms with E-state index in [9.17, 15) is 4.79 Å². The molecule has 0 aliphatic heterocycles. The highest BCUT2D eigenvalue weighted by atomic mass is 32.2. The van der Waals surface area contributed by atoms with Gasteiger partial charge in [-0.3, -0.25) is 4.79 Å². The van der Waals surface area contributed by atoms with Crippen molar-refractivity contribution in [2.24, 2.45) is 5.92 Å². The molecule has 0 aromatic heterocycles. The molecule has 1 aromatic rings. The van der Waals surface area contributed by atoms with Gasteiger partial charge in [-0.15, -0.1) is 11.8 Å². The molecule has 1 unspecified atom stereocenters. The minimum atomic E-state index is -0.0386. The second-order valence-corrected chi connectivity index (χ2v) is 5.54. The lowest BCUT2D eigenvalue weighted by molar-refractivity contribution is -0.123. The summed E-state index contributed by atoms with van der Waals surface area (Å²) in [6.45, 7) is 2.15. The molecule has 3 nitrogen and oxygen atoms in total. The van der Waals surface area contributed by atoms with Gasteiger partial charge in [0.15, 0.2) is 6.61 Å². The van der Waals surface area contributed by atoms with Gasteiger partial charge >= 0.3 is 0 Å². The van der Waals surface area contributed by atoms with Gasteiger partial charge in [-0.1, -0.05) is 0 Å². The first-order valence-electron chi connectivity index (χ1n) is 6.25. The van der Waals surface area contributed by atoms with E-state index in [1.165, 1.54) is 17.7 Å². The van der Waals surface area contributed by atoms with Gasteiger partial charge in [0.05, 0.1) is 0 Å². The van der Waals surface area contributed by atoms with Gasteiger partial charge in [0.1, 0.15) is 5.75 Å². The average molecular weight is 265 g/mol. The van der Waals surface area contributed by atoms with E-state index in [-0.39, 0.29) is 18.6 Å². The van der Waals surface area contributed by atoms with Crippen LogP contribution in [-0.4, -0.2) is 24.8 Å². The van der Waals surface area contributed by atoms with Crippen LogP contribution in [0, 0.1) is 5.92 Å². The number of rotatable bonds is 6. The summed E-state index contributed by atoms with van der Waals surface area (Å²) in [7, 11) is 0. The quantitative estimate of drug-likeness (QED) is 0.804. The highest BCUT2D eigenvalue weighted by Gasteiger charge is 2.28. The Bertz CT molecular complexity index is 401. The zero-order valence-electron chi connectivity index (χ0n) is 10.8. The van der Waals surface area contributed by atoms with Crippen molar-refractivity contribution in [1.82, 2.24) is 5.32 Å². The van der Waals surface area contributed by atoms with Gasteiger partial charge in [-0.25, -0.2) is 0 Å². The van der Waals surface area contributed by atoms with E-state index in [2.05, 4.69) is 12.2 Å². The molecule has 1 aromatic carbocycles. The molecule has 1 N–H and O–H groups in total. The smallest absolute Gasteiger partial charge is 0.258 e. The Morgan fingerprint density at radius 1 is 1.44 bits per heavy atom. The Morgan fingerprint density at radius 3 is 2.67 bits per heavy atom. The fourth-order valence-corrected chi connectivity index (χ4v) is 2.24. The molecule has 1 aliphatic rings. The first-order chi connectivity index (χ1) is 8.69. The predicted molar refractivity (Wildman–Crippen MR) is 74.0 cm³/mol. The summed E-state index contributed by atoms with van der Waals surface area (Å²) in [4.78, 5) is 12.8. The number of ether oxygens (including phenoxy) is 1. The van der Waals surface area contributed by atoms with Gasteiger partial charge in [0, 0.05) is 10.9 Å². The van der Waals surface area contributed by atoms with Crippen molar-refractivity contribution in [2.75, 3.05) is 12.9 Å². The van der Waals surface area contributed by atoms with Crippen LogP contribution in [0.5, 0.6) is 5.75 Å². The Balaban J connectivity index is 1.74. The number of carbonyl (C=O) groups is 1. The first-order valence-corrected chi connectivity index (χ1v) is 7.47. The Morgan fingerprint density at radius 2 is 2.11 bits per heavy atom. The van der Waals surface area contributed by atoms with Gasteiger partial charge in [-0.05, 0) is 56.2 Å². The summed E-state index contributed by atoms with van der Waals surface area (Å²) in [5.41, 5.74) is 0. The zero-order chi connectivity index (χ0) is 13.0. The van der Waals surface area contributed by atoms with E-state index in [1.807, 2.05) is 30.5 Å². The van der Waals surface area contributed by atoms with Crippen molar-refractivity contribution < 1.29 is 9.53 Å². The third kappa shape index (κ3) is 3.95. The second kappa shape index (κ2) is 6.14. The summed E-state index contributed by atoms with van der Waals surface area (Å²) in [5, 5.41) is 2.97. The monoisotopic (exact) mass is 265 g/mol. The van der Waals surface area contributed by atoms with Gasteiger partial charge < -0.3 is 10.1 Å². The minimum absolute atomic E-state index is 0.0386. The lowest BCUT2D eigenvalue weighted by Gasteiger charge is -2.13. The Kier molecular flexibility index (Phi) is 4.53. The minimum Gasteiger partial charge on any atom is -0.484 e. The normalized spacial score (nSPS) is 16.1. The zero-order valence-corrected chi connectivity index (χ0v) is 11.6. The standard InChI is InChI=1S/C14H19NO2S/c1-10(11-3-4-11)15-14(16)9-17-12-5-7-13(18-2)8-6-12/h5-8,10-11H,3-4,9H2,1-2H3,(H,15,16). The van der Waals surface area contributed by atoms with Gasteiger partial charge in [0.2, 0.25) is 0 Å². The molecule has 0 heterocycles. The molecular weight excluding hydrogens is 246 g/mol. The lowest BCUT2D eigenvalue weighted by Crippen LogP contribution is -2.37. The topological polar surface area (TPSA) is 38.3 Å². The van der Waals surface area contributed by atoms with Crippen molar-refractivity contribution in [3.05, 3.63) is 24.3 Å². The summed E-state index contributed by atoms with van der Waals surface area (Å²) < 4.78 is 5.45. The number of nitrogens with one attached hydrogen (secondary N) is 1. The summed E-state index contributed by atoms with van der Waals surface area (Å²) >= 11 is 1.69. The van der Waals surface area contributed by atoms with E-state index in [1.54, 1.807) is 11.8 Å². The van der Waals surface area contributed by atoms with E-state index in [0.717, 1.165) is 5.75 Å². The SMILES string of the molecule is CSc1ccc(OCC(=O)NC(C)C2CC2)cc1. The summed E-state index contributed by atoms with van der Waals surface area (Å²) in [6, 6.07) is 8.04. The molecule has 0 bridgehead atoms. The number of hydrogen-bond donors (Lipinski definition) is 1. The Labute approximate surface area is 112 Å². The molecule has 1 atom stereocenters. The van der Waals surface area contributed by atoms with Crippen LogP contribution in [0.3, 0.4) is 0 Å². The number of hydrogen-bond acceptors (Lipinski definition) is 3. The van der Waals surface area contributed by atoms with Crippen LogP contribution in [0.15, 0.2) is 29.2 Å². The van der Waals surface area contributed by atoms with Gasteiger partial charge in [-0.2, -0.15) is 0 Å². The van der Waals surface area contributed by atoms with Crippen molar-refractivity contribution in [2.45, 2.75) is 30.7 Å². The average Bonchev–Trinajstić information content (AvgIpc) is 3.21. The van der Waals surface area contributed by atoms with E-state index in [0.29, 0.717) is 5.92 Å². The maximum absolute atomic E-state index is 11.6. The molecule has 0 spiro atoms. The number of benzene rings is 1. The fourth-order valence-electron chi connectivity index (χ4n) is 1.83. The largest absolute Gasteiger partial charge is 0.484 e. The van der Waals surface area contributed by atoms with Crippen LogP contribution >= 0.6 is 11.8 Å². The second-order valence-electron chi connectivity index (χ2n) is 4.66. The van der Waals surface area contributed by atoms with Crippen LogP contribution < -0.4 is 10.1 Å². The predicted octanol–water partition coefficient (Wildman–Crippen LogP) is 2.70. The fraction of sp³-hybridized carbons (Fsp3) is 0.500. The van der Waals surface area contributed by atoms with Crippen LogP contribution in [0.4, 0.5) is 0 Å². The van der Waals surface area contributed by atoms with Crippen LogP contribution in [0.1, 0.15) is 19.8 Å². The lowest BCUT2D eigenvalue weighted by atomic mass is 10.2. The summed E-state index contributed by atoms with van der Waals surface area (Å²) in [6.07, 6.45) is 4.50. The molecule has 1 aliphatic carbocycles. The van der Waals surface area contributed by atoms with Crippen LogP contribution in [0.2, 0.25) is 0 Å². The molecule has 2 rings (SSSR count). The molecule has 1 saturated carbocycles. The molecule has 1 amide bonds. The van der Waals surface area contributed by atoms with Crippen molar-refractivity contribution >= 4 is 17.7 Å². The van der Waals surface area contributed by atoms with Gasteiger partial charge in [0.25, 0.3) is 5.91 Å². The first kappa shape index (κ1) is 13.3. The van der Waals surface area contributed by atoms with Crippen LogP contribution in [-0.2, 0) is 4.79 Å². The van der Waals surface area contributed by atoms with Crippen LogP contribution in [0.25, 0.3) is 0 Å². The summed E-state index contributed by atoms with van der Waals surface area (Å²) in [5.74, 6) is 1.38. The molecule has 0 radical (unpaired) electrons.